The van der Waals surface area contributed by atoms with Gasteiger partial charge in [0, 0.05) is 43.9 Å². The summed E-state index contributed by atoms with van der Waals surface area (Å²) in [6.07, 6.45) is 3.61. The number of hydrogen-bond donors (Lipinski definition) is 0. The van der Waals surface area contributed by atoms with E-state index in [1.54, 1.807) is 6.20 Å². The van der Waals surface area contributed by atoms with Crippen molar-refractivity contribution in [2.45, 2.75) is 47.0 Å². The van der Waals surface area contributed by atoms with Crippen molar-refractivity contribution in [1.29, 1.82) is 0 Å². The van der Waals surface area contributed by atoms with E-state index in [1.165, 1.54) is 22.3 Å². The van der Waals surface area contributed by atoms with Crippen molar-refractivity contribution >= 4 is 17.1 Å². The molecule has 0 saturated carbocycles. The van der Waals surface area contributed by atoms with Gasteiger partial charge in [0.1, 0.15) is 5.75 Å². The number of nitrogens with zero attached hydrogens (tertiary/aromatic N) is 3. The number of ether oxygens (including phenoxy) is 1. The van der Waals surface area contributed by atoms with Gasteiger partial charge in [-0.15, -0.1) is 52.1 Å². The Morgan fingerprint density at radius 2 is 1.28 bits per heavy atom. The molecule has 1 radical (unpaired) electrons. The van der Waals surface area contributed by atoms with Crippen LogP contribution in [0.25, 0.3) is 22.5 Å². The number of aryl methyl sites for hydroxylation is 2. The molecule has 1 aliphatic heterocycles. The van der Waals surface area contributed by atoms with Crippen molar-refractivity contribution < 1.29 is 24.8 Å². The minimum atomic E-state index is 0. The second-order valence-electron chi connectivity index (χ2n) is 12.3. The summed E-state index contributed by atoms with van der Waals surface area (Å²) in [6.45, 7) is 13.0. The summed E-state index contributed by atoms with van der Waals surface area (Å²) in [7, 11) is 0. The second-order valence-corrected chi connectivity index (χ2v) is 12.3. The van der Waals surface area contributed by atoms with Crippen LogP contribution in [0.4, 0.5) is 17.1 Å². The molecule has 0 aliphatic carbocycles. The summed E-state index contributed by atoms with van der Waals surface area (Å²) in [6, 6.07) is 41.8. The maximum Gasteiger partial charge on any atom is 0.148 e. The average Bonchev–Trinajstić information content (AvgIpc) is 3.06. The van der Waals surface area contributed by atoms with Crippen LogP contribution in [-0.2, 0) is 25.5 Å². The first kappa shape index (κ1) is 32.8. The molecule has 7 rings (SSSR count). The summed E-state index contributed by atoms with van der Waals surface area (Å²) >= 11 is 0. The first-order valence-corrected chi connectivity index (χ1v) is 15.3. The molecular formula is C41H37IrN3O-2. The van der Waals surface area contributed by atoms with Gasteiger partial charge in [-0.2, -0.15) is 0 Å². The van der Waals surface area contributed by atoms with Crippen LogP contribution in [-0.4, -0.2) is 9.97 Å². The Hall–Kier alpha value is -4.57. The third-order valence-electron chi connectivity index (χ3n) is 8.16. The number of para-hydroxylation sites is 2. The van der Waals surface area contributed by atoms with Crippen LogP contribution in [0, 0.1) is 32.9 Å². The molecular weight excluding hydrogens is 743 g/mol. The number of fused-ring (bicyclic) bond motifs is 2. The van der Waals surface area contributed by atoms with Gasteiger partial charge in [0.2, 0.25) is 0 Å². The van der Waals surface area contributed by atoms with Gasteiger partial charge in [-0.3, -0.25) is 0 Å². The molecule has 0 unspecified atom stereocenters. The van der Waals surface area contributed by atoms with Gasteiger partial charge in [-0.25, -0.2) is 0 Å². The summed E-state index contributed by atoms with van der Waals surface area (Å²) in [4.78, 5) is 11.0. The molecule has 0 bridgehead atoms. The van der Waals surface area contributed by atoms with E-state index in [1.807, 2.05) is 60.8 Å². The normalized spacial score (nSPS) is 11.7. The summed E-state index contributed by atoms with van der Waals surface area (Å²) in [5.41, 5.74) is 12.2. The molecule has 46 heavy (non-hydrogen) atoms. The molecule has 0 spiro atoms. The van der Waals surface area contributed by atoms with Crippen LogP contribution < -0.4 is 9.64 Å². The summed E-state index contributed by atoms with van der Waals surface area (Å²) in [5, 5.41) is 0. The van der Waals surface area contributed by atoms with Gasteiger partial charge in [0.05, 0.1) is 11.4 Å². The van der Waals surface area contributed by atoms with Crippen molar-refractivity contribution in [2.75, 3.05) is 4.90 Å². The molecule has 3 heterocycles. The predicted octanol–water partition coefficient (Wildman–Crippen LogP) is 10.9. The van der Waals surface area contributed by atoms with Crippen molar-refractivity contribution in [2.24, 2.45) is 0 Å². The van der Waals surface area contributed by atoms with Crippen LogP contribution in [0.15, 0.2) is 116 Å². The number of rotatable bonds is 3. The van der Waals surface area contributed by atoms with Crippen molar-refractivity contribution in [3.8, 4) is 34.0 Å². The average molecular weight is 780 g/mol. The molecule has 0 saturated heterocycles. The van der Waals surface area contributed by atoms with Gasteiger partial charge in [-0.05, 0) is 58.8 Å². The molecule has 5 heteroatoms. The van der Waals surface area contributed by atoms with E-state index >= 15 is 0 Å². The van der Waals surface area contributed by atoms with Crippen LogP contribution >= 0.6 is 0 Å². The van der Waals surface area contributed by atoms with Gasteiger partial charge in [-0.1, -0.05) is 96.1 Å². The van der Waals surface area contributed by atoms with Crippen molar-refractivity contribution in [1.82, 2.24) is 9.97 Å². The topological polar surface area (TPSA) is 38.2 Å². The number of aromatic nitrogens is 2. The smallest absolute Gasteiger partial charge is 0.148 e. The molecule has 0 N–H and O–H groups in total. The van der Waals surface area contributed by atoms with Gasteiger partial charge in [0.25, 0.3) is 0 Å². The molecule has 0 fully saturated rings. The Balaban J connectivity index is 0.000000220. The Labute approximate surface area is 286 Å². The van der Waals surface area contributed by atoms with E-state index in [4.69, 9.17) is 4.74 Å². The molecule has 1 aliphatic rings. The maximum atomic E-state index is 6.24. The van der Waals surface area contributed by atoms with Crippen molar-refractivity contribution in [3.63, 3.8) is 0 Å². The number of benzene rings is 4. The third-order valence-corrected chi connectivity index (χ3v) is 8.16. The van der Waals surface area contributed by atoms with E-state index in [-0.39, 0.29) is 25.5 Å². The molecule has 233 valence electrons. The Morgan fingerprint density at radius 3 is 1.89 bits per heavy atom. The first-order chi connectivity index (χ1) is 21.7. The van der Waals surface area contributed by atoms with Crippen molar-refractivity contribution in [3.05, 3.63) is 150 Å². The van der Waals surface area contributed by atoms with Crippen LogP contribution in [0.5, 0.6) is 11.5 Å². The summed E-state index contributed by atoms with van der Waals surface area (Å²) < 4.78 is 6.24. The minimum Gasteiger partial charge on any atom is -0.473 e. The fraction of sp³-hybridized carbons (Fsp3) is 0.171. The van der Waals surface area contributed by atoms with E-state index in [0.717, 1.165) is 45.3 Å². The molecule has 2 aromatic heterocycles. The molecule has 0 atom stereocenters. The Morgan fingerprint density at radius 1 is 0.652 bits per heavy atom. The number of hydrogen-bond acceptors (Lipinski definition) is 4. The molecule has 6 aromatic rings. The monoisotopic (exact) mass is 780 g/mol. The van der Waals surface area contributed by atoms with Gasteiger partial charge in [0.15, 0.2) is 0 Å². The zero-order valence-electron chi connectivity index (χ0n) is 27.1. The zero-order chi connectivity index (χ0) is 31.6. The van der Waals surface area contributed by atoms with Gasteiger partial charge >= 0.3 is 0 Å². The van der Waals surface area contributed by atoms with E-state index < -0.39 is 0 Å². The number of anilines is 3. The fourth-order valence-corrected chi connectivity index (χ4v) is 5.36. The Bertz CT molecular complexity index is 1910. The fourth-order valence-electron chi connectivity index (χ4n) is 5.36. The largest absolute Gasteiger partial charge is 0.473 e. The third kappa shape index (κ3) is 6.97. The first-order valence-electron chi connectivity index (χ1n) is 15.3. The van der Waals surface area contributed by atoms with E-state index in [0.29, 0.717) is 5.75 Å². The SMILES string of the molecule is CC(C)(C)c1ccc(N2c3ccc(-c4ccccn4)[c-]c3Oc3ccccc32)cc1.Cc1[c-]c(-c2ccccn2)cc(C)c1C.[Ir]. The van der Waals surface area contributed by atoms with Crippen LogP contribution in [0.1, 0.15) is 43.0 Å². The maximum absolute atomic E-state index is 6.24. The van der Waals surface area contributed by atoms with Gasteiger partial charge < -0.3 is 19.6 Å². The standard InChI is InChI=1S/C27H23N2O.C14H14N.Ir/c1-27(2,3)20-12-14-21(15-13-20)29-23-9-4-5-10-25(23)30-26-18-19(11-16-24(26)29)22-8-6-7-17-28-22;1-10-8-13(9-11(2)12(10)3)14-6-4-5-7-15-14;/h4-17H,1-3H3;4-8H,1-3H3;/q2*-1;. The summed E-state index contributed by atoms with van der Waals surface area (Å²) in [5.74, 6) is 1.52. The van der Waals surface area contributed by atoms with Crippen LogP contribution in [0.3, 0.4) is 0 Å². The molecule has 0 amide bonds. The molecule has 4 aromatic carbocycles. The zero-order valence-corrected chi connectivity index (χ0v) is 29.4. The molecule has 4 nitrogen and oxygen atoms in total. The minimum absolute atomic E-state index is 0. The van der Waals surface area contributed by atoms with E-state index in [2.05, 4.69) is 117 Å². The second kappa shape index (κ2) is 13.8. The quantitative estimate of drug-likeness (QED) is 0.167. The number of pyridine rings is 2. The predicted molar refractivity (Wildman–Crippen MR) is 185 cm³/mol. The van der Waals surface area contributed by atoms with Crippen LogP contribution in [0.2, 0.25) is 0 Å². The van der Waals surface area contributed by atoms with E-state index in [9.17, 15) is 0 Å². The Kier molecular flexibility index (Phi) is 9.86.